The Bertz CT molecular complexity index is 1030. The molecule has 0 saturated carbocycles. The van der Waals surface area contributed by atoms with Crippen LogP contribution in [0.15, 0.2) is 42.5 Å². The largest absolute Gasteiger partial charge is 0.416 e. The molecule has 3 aromatic rings. The number of fused-ring (bicyclic) bond motifs is 1. The van der Waals surface area contributed by atoms with Crippen molar-refractivity contribution in [3.8, 4) is 0 Å². The molecule has 4 rings (SSSR count). The van der Waals surface area contributed by atoms with E-state index >= 15 is 0 Å². The van der Waals surface area contributed by atoms with Crippen LogP contribution < -0.4 is 10.2 Å². The van der Waals surface area contributed by atoms with Crippen molar-refractivity contribution in [1.29, 1.82) is 0 Å². The summed E-state index contributed by atoms with van der Waals surface area (Å²) in [6, 6.07) is 11.3. The molecule has 1 aliphatic heterocycles. The summed E-state index contributed by atoms with van der Waals surface area (Å²) in [5.74, 6) is 0.334. The Morgan fingerprint density at radius 1 is 1.19 bits per heavy atom. The standard InChI is InChI=1S/C21H20F3N3O2S2/c22-21(23,24)14-5-6-17(27-7-9-29-10-8-27)16(11-14)25-19(28)12-30-13-20-26-15-3-1-2-4-18(15)31-20/h1-6,11H,7-10,12-13H2,(H,25,28). The van der Waals surface area contributed by atoms with Crippen molar-refractivity contribution in [3.63, 3.8) is 0 Å². The first-order chi connectivity index (χ1) is 14.9. The average molecular weight is 468 g/mol. The maximum absolute atomic E-state index is 13.2. The van der Waals surface area contributed by atoms with Crippen molar-refractivity contribution in [2.45, 2.75) is 11.9 Å². The number of thioether (sulfide) groups is 1. The van der Waals surface area contributed by atoms with Crippen molar-refractivity contribution >= 4 is 50.6 Å². The molecule has 2 aromatic carbocycles. The van der Waals surface area contributed by atoms with Crippen LogP contribution in [0.4, 0.5) is 24.5 Å². The van der Waals surface area contributed by atoms with Gasteiger partial charge in [-0.1, -0.05) is 12.1 Å². The first-order valence-electron chi connectivity index (χ1n) is 9.66. The first kappa shape index (κ1) is 21.9. The highest BCUT2D eigenvalue weighted by atomic mass is 32.2. The van der Waals surface area contributed by atoms with Gasteiger partial charge in [0.2, 0.25) is 5.91 Å². The summed E-state index contributed by atoms with van der Waals surface area (Å²) in [4.78, 5) is 19.0. The third-order valence-corrected chi connectivity index (χ3v) is 6.91. The van der Waals surface area contributed by atoms with Gasteiger partial charge in [0.15, 0.2) is 0 Å². The number of morpholine rings is 1. The Kier molecular flexibility index (Phi) is 6.68. The highest BCUT2D eigenvalue weighted by Gasteiger charge is 2.32. The second-order valence-corrected chi connectivity index (χ2v) is 9.05. The molecule has 1 N–H and O–H groups in total. The third-order valence-electron chi connectivity index (χ3n) is 4.75. The lowest BCUT2D eigenvalue weighted by atomic mass is 10.1. The Morgan fingerprint density at radius 3 is 2.71 bits per heavy atom. The molecule has 1 aliphatic rings. The molecule has 2 heterocycles. The quantitative estimate of drug-likeness (QED) is 0.552. The number of nitrogens with zero attached hydrogens (tertiary/aromatic N) is 2. The summed E-state index contributed by atoms with van der Waals surface area (Å²) in [6.45, 7) is 2.10. The van der Waals surface area contributed by atoms with E-state index in [4.69, 9.17) is 4.74 Å². The minimum absolute atomic E-state index is 0.120. The van der Waals surface area contributed by atoms with Gasteiger partial charge in [-0.15, -0.1) is 23.1 Å². The van der Waals surface area contributed by atoms with Gasteiger partial charge in [-0.3, -0.25) is 4.79 Å². The van der Waals surface area contributed by atoms with Gasteiger partial charge in [-0.25, -0.2) is 4.98 Å². The minimum atomic E-state index is -4.48. The number of para-hydroxylation sites is 1. The first-order valence-corrected chi connectivity index (χ1v) is 11.6. The number of rotatable bonds is 6. The fraction of sp³-hybridized carbons (Fsp3) is 0.333. The molecule has 1 aromatic heterocycles. The summed E-state index contributed by atoms with van der Waals surface area (Å²) in [5, 5.41) is 3.58. The molecule has 5 nitrogen and oxygen atoms in total. The molecule has 31 heavy (non-hydrogen) atoms. The molecule has 1 saturated heterocycles. The minimum Gasteiger partial charge on any atom is -0.378 e. The number of carbonyl (C=O) groups excluding carboxylic acids is 1. The van der Waals surface area contributed by atoms with Crippen LogP contribution in [-0.4, -0.2) is 42.9 Å². The topological polar surface area (TPSA) is 54.5 Å². The molecule has 0 bridgehead atoms. The number of hydrogen-bond acceptors (Lipinski definition) is 6. The molecule has 0 atom stereocenters. The molecule has 0 aliphatic carbocycles. The highest BCUT2D eigenvalue weighted by Crippen LogP contribution is 2.36. The van der Waals surface area contributed by atoms with Gasteiger partial charge in [0, 0.05) is 18.8 Å². The number of carbonyl (C=O) groups is 1. The van der Waals surface area contributed by atoms with E-state index in [2.05, 4.69) is 10.3 Å². The van der Waals surface area contributed by atoms with Crippen LogP contribution in [0, 0.1) is 0 Å². The van der Waals surface area contributed by atoms with E-state index in [1.54, 1.807) is 11.3 Å². The number of alkyl halides is 3. The summed E-state index contributed by atoms with van der Waals surface area (Å²) < 4.78 is 46.0. The predicted molar refractivity (Wildman–Crippen MR) is 119 cm³/mol. The van der Waals surface area contributed by atoms with Crippen molar-refractivity contribution in [1.82, 2.24) is 4.98 Å². The zero-order valence-electron chi connectivity index (χ0n) is 16.4. The number of ether oxygens (including phenoxy) is 1. The van der Waals surface area contributed by atoms with Gasteiger partial charge in [-0.2, -0.15) is 13.2 Å². The molecular weight excluding hydrogens is 447 g/mol. The number of benzene rings is 2. The zero-order valence-corrected chi connectivity index (χ0v) is 18.1. The van der Waals surface area contributed by atoms with E-state index in [9.17, 15) is 18.0 Å². The second-order valence-electron chi connectivity index (χ2n) is 6.95. The zero-order chi connectivity index (χ0) is 21.8. The Balaban J connectivity index is 1.42. The van der Waals surface area contributed by atoms with E-state index in [0.717, 1.165) is 27.4 Å². The molecule has 0 radical (unpaired) electrons. The van der Waals surface area contributed by atoms with E-state index in [1.165, 1.54) is 17.8 Å². The number of nitrogens with one attached hydrogen (secondary N) is 1. The molecule has 0 unspecified atom stereocenters. The van der Waals surface area contributed by atoms with Gasteiger partial charge >= 0.3 is 6.18 Å². The van der Waals surface area contributed by atoms with Gasteiger partial charge in [-0.05, 0) is 30.3 Å². The molecule has 0 spiro atoms. The number of thiazole rings is 1. The highest BCUT2D eigenvalue weighted by molar-refractivity contribution is 7.99. The number of halogens is 3. The van der Waals surface area contributed by atoms with Crippen molar-refractivity contribution in [2.75, 3.05) is 42.3 Å². The van der Waals surface area contributed by atoms with Crippen LogP contribution in [-0.2, 0) is 21.5 Å². The fourth-order valence-corrected chi connectivity index (χ4v) is 5.14. The molecular formula is C21H20F3N3O2S2. The average Bonchev–Trinajstić information content (AvgIpc) is 3.16. The summed E-state index contributed by atoms with van der Waals surface area (Å²) in [7, 11) is 0. The van der Waals surface area contributed by atoms with Crippen LogP contribution in [0.2, 0.25) is 0 Å². The maximum atomic E-state index is 13.2. The monoisotopic (exact) mass is 467 g/mol. The number of anilines is 2. The lowest BCUT2D eigenvalue weighted by Gasteiger charge is -2.31. The van der Waals surface area contributed by atoms with Crippen LogP contribution in [0.25, 0.3) is 10.2 Å². The Hall–Kier alpha value is -2.30. The summed E-state index contributed by atoms with van der Waals surface area (Å²) in [5.41, 5.74) is 0.872. The summed E-state index contributed by atoms with van der Waals surface area (Å²) >= 11 is 2.95. The molecule has 10 heteroatoms. The van der Waals surface area contributed by atoms with Crippen LogP contribution >= 0.6 is 23.1 Å². The van der Waals surface area contributed by atoms with E-state index in [-0.39, 0.29) is 17.3 Å². The van der Waals surface area contributed by atoms with Crippen molar-refractivity contribution < 1.29 is 22.7 Å². The maximum Gasteiger partial charge on any atom is 0.416 e. The van der Waals surface area contributed by atoms with Gasteiger partial charge in [0.1, 0.15) is 5.01 Å². The normalized spacial score (nSPS) is 14.7. The van der Waals surface area contributed by atoms with Crippen LogP contribution in [0.3, 0.4) is 0 Å². The van der Waals surface area contributed by atoms with Crippen LogP contribution in [0.5, 0.6) is 0 Å². The Morgan fingerprint density at radius 2 is 1.97 bits per heavy atom. The van der Waals surface area contributed by atoms with E-state index < -0.39 is 11.7 Å². The smallest absolute Gasteiger partial charge is 0.378 e. The number of amides is 1. The lowest BCUT2D eigenvalue weighted by Crippen LogP contribution is -2.37. The Labute approximate surface area is 185 Å². The molecule has 1 fully saturated rings. The summed E-state index contributed by atoms with van der Waals surface area (Å²) in [6.07, 6.45) is -4.48. The number of aromatic nitrogens is 1. The predicted octanol–water partition coefficient (Wildman–Crippen LogP) is 5.02. The van der Waals surface area contributed by atoms with Gasteiger partial charge in [0.25, 0.3) is 0 Å². The SMILES string of the molecule is O=C(CSCc1nc2ccccc2s1)Nc1cc(C(F)(F)F)ccc1N1CCOCC1. The van der Waals surface area contributed by atoms with E-state index in [1.807, 2.05) is 29.2 Å². The van der Waals surface area contributed by atoms with Crippen LogP contribution in [0.1, 0.15) is 10.6 Å². The van der Waals surface area contributed by atoms with E-state index in [0.29, 0.717) is 37.7 Å². The second kappa shape index (κ2) is 9.46. The third kappa shape index (κ3) is 5.50. The number of hydrogen-bond donors (Lipinski definition) is 1. The molecule has 1 amide bonds. The molecule has 164 valence electrons. The van der Waals surface area contributed by atoms with Gasteiger partial charge < -0.3 is 15.0 Å². The van der Waals surface area contributed by atoms with Crippen molar-refractivity contribution in [2.24, 2.45) is 0 Å². The van der Waals surface area contributed by atoms with Crippen molar-refractivity contribution in [3.05, 3.63) is 53.0 Å². The fourth-order valence-electron chi connectivity index (χ4n) is 3.29. The lowest BCUT2D eigenvalue weighted by molar-refractivity contribution is -0.137. The van der Waals surface area contributed by atoms with Gasteiger partial charge in [0.05, 0.1) is 46.1 Å².